The third-order valence-electron chi connectivity index (χ3n) is 0. The molecule has 0 saturated heterocycles. The molecule has 0 bridgehead atoms. The van der Waals surface area contributed by atoms with Crippen LogP contribution in [0.3, 0.4) is 0 Å². The smallest absolute Gasteiger partial charge is 0 e. The van der Waals surface area contributed by atoms with Gasteiger partial charge in [0, 0.05) is 131 Å². The summed E-state index contributed by atoms with van der Waals surface area (Å²) in [5.74, 6) is 0. The maximum Gasteiger partial charge on any atom is 0 e. The summed E-state index contributed by atoms with van der Waals surface area (Å²) in [4.78, 5) is 0. The van der Waals surface area contributed by atoms with Gasteiger partial charge in [-0.25, -0.2) is 0 Å². The fourth-order valence-electron chi connectivity index (χ4n) is 0. The van der Waals surface area contributed by atoms with Gasteiger partial charge in [-0.1, -0.05) is 12.6 Å². The van der Waals surface area contributed by atoms with Crippen molar-refractivity contribution < 1.29 is 131 Å². The van der Waals surface area contributed by atoms with Gasteiger partial charge >= 0.3 is 0 Å². The third-order valence-corrected chi connectivity index (χ3v) is 0. The van der Waals surface area contributed by atoms with Crippen molar-refractivity contribution in [3.8, 4) is 0 Å². The maximum absolute atomic E-state index is 3.46. The summed E-state index contributed by atoms with van der Waals surface area (Å²) in [6, 6.07) is 0. The number of hydrogen-bond donors (Lipinski definition) is 0. The van der Waals surface area contributed by atoms with Gasteiger partial charge in [0.1, 0.15) is 0 Å². The Morgan fingerprint density at radius 2 is 0.733 bits per heavy atom. The minimum absolute atomic E-state index is 0. The monoisotopic (exact) mass is 544 g/mol. The molecule has 0 heterocycles. The molecule has 0 aromatic rings. The molecule has 0 aliphatic heterocycles. The van der Waals surface area contributed by atoms with E-state index in [0.717, 1.165) is 0 Å². The standard InChI is InChI=1S/C5H8.2C2H5P.4Y/c1-5(2,3)4;2*1-3-2;;;;/h1-4H2;2*1H2,2H3;;;;/q-4;;;;;;. The molecule has 0 aromatic heterocycles. The van der Waals surface area contributed by atoms with Gasteiger partial charge in [-0.3, -0.25) is 0 Å². The second-order valence-electron chi connectivity index (χ2n) is 2.13. The van der Waals surface area contributed by atoms with Gasteiger partial charge in [0.2, 0.25) is 0 Å². The predicted octanol–water partition coefficient (Wildman–Crippen LogP) is 3.29. The van der Waals surface area contributed by atoms with Crippen LogP contribution < -0.4 is 0 Å². The van der Waals surface area contributed by atoms with Crippen molar-refractivity contribution >= 4 is 29.0 Å². The normalized spacial score (nSPS) is 6.80. The van der Waals surface area contributed by atoms with E-state index < -0.39 is 5.41 Å². The van der Waals surface area contributed by atoms with Crippen LogP contribution in [0.15, 0.2) is 0 Å². The van der Waals surface area contributed by atoms with E-state index in [-0.39, 0.29) is 131 Å². The molecule has 80 valence electrons. The molecular formula is C9H18P2Y4-4. The molecule has 0 amide bonds. The zero-order valence-electron chi connectivity index (χ0n) is 9.95. The number of hydrogen-bond acceptors (Lipinski definition) is 0. The maximum atomic E-state index is 3.46. The van der Waals surface area contributed by atoms with Crippen LogP contribution >= 0.6 is 16.4 Å². The average molecular weight is 544 g/mol. The molecule has 15 heavy (non-hydrogen) atoms. The minimum Gasteiger partial charge on any atom is -0.584 e. The summed E-state index contributed by atoms with van der Waals surface area (Å²) >= 11 is 0. The van der Waals surface area contributed by atoms with Crippen LogP contribution in [0, 0.1) is 33.1 Å². The largest absolute Gasteiger partial charge is 0.584 e. The van der Waals surface area contributed by atoms with Gasteiger partial charge in [-0.05, 0) is 13.3 Å². The average Bonchev–Trinajstić information content (AvgIpc) is 1.62. The van der Waals surface area contributed by atoms with E-state index in [9.17, 15) is 0 Å². The van der Waals surface area contributed by atoms with E-state index in [0.29, 0.717) is 0 Å². The summed E-state index contributed by atoms with van der Waals surface area (Å²) in [7, 11) is 2.33. The molecule has 6 heteroatoms. The van der Waals surface area contributed by atoms with Gasteiger partial charge in [0.25, 0.3) is 0 Å². The first kappa shape index (κ1) is 42.7. The molecule has 0 N–H and O–H groups in total. The fourth-order valence-corrected chi connectivity index (χ4v) is 0. The zero-order valence-corrected chi connectivity index (χ0v) is 23.1. The first-order valence-electron chi connectivity index (χ1n) is 2.94. The zero-order chi connectivity index (χ0) is 9.91. The molecule has 0 atom stereocenters. The van der Waals surface area contributed by atoms with Crippen molar-refractivity contribution in [2.45, 2.75) is 0 Å². The van der Waals surface area contributed by atoms with Crippen molar-refractivity contribution in [3.05, 3.63) is 27.7 Å². The van der Waals surface area contributed by atoms with Crippen molar-refractivity contribution in [2.24, 2.45) is 5.41 Å². The Balaban J connectivity index is -0.0000000117. The first-order chi connectivity index (χ1) is 4.83. The van der Waals surface area contributed by atoms with E-state index >= 15 is 0 Å². The van der Waals surface area contributed by atoms with Crippen molar-refractivity contribution in [1.82, 2.24) is 0 Å². The molecule has 0 nitrogen and oxygen atoms in total. The second-order valence-corrected chi connectivity index (χ2v) is 3.40. The quantitative estimate of drug-likeness (QED) is 0.325. The molecule has 0 aromatic carbocycles. The number of rotatable bonds is 0. The molecule has 0 fully saturated rings. The van der Waals surface area contributed by atoms with Gasteiger partial charge < -0.3 is 33.1 Å². The van der Waals surface area contributed by atoms with Crippen molar-refractivity contribution in [2.75, 3.05) is 13.3 Å². The Morgan fingerprint density at radius 3 is 0.733 bits per heavy atom. The van der Waals surface area contributed by atoms with Crippen LogP contribution in [0.2, 0.25) is 0 Å². The summed E-state index contributed by atoms with van der Waals surface area (Å²) in [6.07, 6.45) is 6.92. The molecule has 0 saturated carbocycles. The predicted molar refractivity (Wildman–Crippen MR) is 63.8 cm³/mol. The van der Waals surface area contributed by atoms with Gasteiger partial charge in [0.05, 0.1) is 0 Å². The molecule has 0 spiro atoms. The molecule has 0 aliphatic rings. The van der Waals surface area contributed by atoms with Crippen LogP contribution in [0.4, 0.5) is 0 Å². The Morgan fingerprint density at radius 1 is 0.733 bits per heavy atom. The van der Waals surface area contributed by atoms with E-state index in [1.165, 1.54) is 16.4 Å². The van der Waals surface area contributed by atoms with E-state index in [2.05, 4.69) is 40.3 Å². The molecule has 0 rings (SSSR count). The Kier molecular flexibility index (Phi) is 103. The van der Waals surface area contributed by atoms with Crippen molar-refractivity contribution in [1.29, 1.82) is 0 Å². The summed E-state index contributed by atoms with van der Waals surface area (Å²) in [5, 5.41) is 0. The van der Waals surface area contributed by atoms with E-state index in [4.69, 9.17) is 0 Å². The Labute approximate surface area is 202 Å². The van der Waals surface area contributed by atoms with E-state index in [1.54, 1.807) is 0 Å². The fraction of sp³-hybridized carbons (Fsp3) is 0.333. The SMILES string of the molecule is C=PC.C=PC.[CH2-]C([CH2-])([CH2-])[CH2-].[Y].[Y].[Y].[Y]. The summed E-state index contributed by atoms with van der Waals surface area (Å²) < 4.78 is 0. The molecular weight excluding hydrogens is 526 g/mol. The van der Waals surface area contributed by atoms with E-state index in [1.807, 2.05) is 13.3 Å². The van der Waals surface area contributed by atoms with Crippen LogP contribution in [0.1, 0.15) is 0 Å². The Bertz CT molecular complexity index is 80.6. The van der Waals surface area contributed by atoms with Crippen LogP contribution in [-0.2, 0) is 131 Å². The van der Waals surface area contributed by atoms with Crippen LogP contribution in [0.5, 0.6) is 0 Å². The van der Waals surface area contributed by atoms with Crippen molar-refractivity contribution in [3.63, 3.8) is 0 Å². The molecule has 4 radical (unpaired) electrons. The first-order valence-corrected chi connectivity index (χ1v) is 5.99. The topological polar surface area (TPSA) is 0 Å². The van der Waals surface area contributed by atoms with Gasteiger partial charge in [-0.15, -0.1) is 16.4 Å². The minimum atomic E-state index is -0.500. The van der Waals surface area contributed by atoms with Crippen LogP contribution in [0.25, 0.3) is 0 Å². The van der Waals surface area contributed by atoms with Gasteiger partial charge in [0.15, 0.2) is 0 Å². The molecule has 0 aliphatic carbocycles. The van der Waals surface area contributed by atoms with Gasteiger partial charge in [-0.2, -0.15) is 0 Å². The second kappa shape index (κ2) is 36.3. The third kappa shape index (κ3) is 233. The van der Waals surface area contributed by atoms with Crippen LogP contribution in [-0.4, -0.2) is 25.9 Å². The summed E-state index contributed by atoms with van der Waals surface area (Å²) in [5.41, 5.74) is -0.500. The Hall–Kier alpha value is 4.76. The molecule has 0 unspecified atom stereocenters. The summed E-state index contributed by atoms with van der Waals surface area (Å²) in [6.45, 7) is 17.7.